The Morgan fingerprint density at radius 1 is 1.41 bits per heavy atom. The van der Waals surface area contributed by atoms with Gasteiger partial charge in [-0.15, -0.1) is 11.3 Å². The monoisotopic (exact) mass is 321 g/mol. The third-order valence-corrected chi connectivity index (χ3v) is 4.23. The molecule has 0 aliphatic heterocycles. The maximum absolute atomic E-state index is 12.9. The number of hydrogen-bond acceptors (Lipinski definition) is 4. The molecule has 0 aliphatic carbocycles. The molecule has 6 heteroatoms. The Kier molecular flexibility index (Phi) is 5.03. The largest absolute Gasteiger partial charge is 0.481 e. The molecule has 0 aliphatic rings. The number of hydrogen-bond donors (Lipinski definition) is 1. The van der Waals surface area contributed by atoms with Crippen molar-refractivity contribution in [2.75, 3.05) is 0 Å². The standard InChI is InChI=1S/C16H19NO4S/c1-10(2)17(8-12-5-4-6-22-12)16(20)15-11(3)9-21-13(15)7-14(18)19/h4-6,9-10H,7-8H2,1-3H3,(H,18,19). The van der Waals surface area contributed by atoms with Gasteiger partial charge in [0, 0.05) is 16.5 Å². The van der Waals surface area contributed by atoms with Gasteiger partial charge >= 0.3 is 5.97 Å². The Balaban J connectivity index is 2.31. The first-order valence-corrected chi connectivity index (χ1v) is 7.90. The molecule has 2 aromatic heterocycles. The Morgan fingerprint density at radius 3 is 2.68 bits per heavy atom. The zero-order valence-corrected chi connectivity index (χ0v) is 13.6. The third-order valence-electron chi connectivity index (χ3n) is 3.37. The number of carbonyl (C=O) groups excluding carboxylic acids is 1. The highest BCUT2D eigenvalue weighted by Gasteiger charge is 2.26. The number of thiophene rings is 1. The lowest BCUT2D eigenvalue weighted by Gasteiger charge is -2.26. The van der Waals surface area contributed by atoms with Crippen LogP contribution in [0.5, 0.6) is 0 Å². The minimum absolute atomic E-state index is 0.00146. The fourth-order valence-electron chi connectivity index (χ4n) is 2.26. The summed E-state index contributed by atoms with van der Waals surface area (Å²) >= 11 is 1.59. The topological polar surface area (TPSA) is 70.7 Å². The molecular formula is C16H19NO4S. The molecule has 1 amide bonds. The number of rotatable bonds is 6. The van der Waals surface area contributed by atoms with Crippen molar-refractivity contribution in [1.82, 2.24) is 4.90 Å². The smallest absolute Gasteiger partial charge is 0.311 e. The van der Waals surface area contributed by atoms with Gasteiger partial charge in [-0.3, -0.25) is 9.59 Å². The van der Waals surface area contributed by atoms with Crippen LogP contribution >= 0.6 is 11.3 Å². The van der Waals surface area contributed by atoms with Gasteiger partial charge in [0.1, 0.15) is 12.2 Å². The Morgan fingerprint density at radius 2 is 2.14 bits per heavy atom. The molecule has 2 heterocycles. The zero-order chi connectivity index (χ0) is 16.3. The highest BCUT2D eigenvalue weighted by Crippen LogP contribution is 2.23. The molecule has 0 atom stereocenters. The summed E-state index contributed by atoms with van der Waals surface area (Å²) in [6.45, 7) is 6.15. The number of amides is 1. The minimum Gasteiger partial charge on any atom is -0.481 e. The molecule has 0 saturated carbocycles. The summed E-state index contributed by atoms with van der Waals surface area (Å²) < 4.78 is 5.27. The van der Waals surface area contributed by atoms with Crippen LogP contribution in [0.1, 0.15) is 40.4 Å². The highest BCUT2D eigenvalue weighted by molar-refractivity contribution is 7.09. The van der Waals surface area contributed by atoms with E-state index < -0.39 is 5.97 Å². The molecule has 5 nitrogen and oxygen atoms in total. The van der Waals surface area contributed by atoms with Crippen LogP contribution in [0, 0.1) is 6.92 Å². The highest BCUT2D eigenvalue weighted by atomic mass is 32.1. The lowest BCUT2D eigenvalue weighted by atomic mass is 10.1. The second-order valence-electron chi connectivity index (χ2n) is 5.39. The van der Waals surface area contributed by atoms with E-state index >= 15 is 0 Å². The molecule has 2 aromatic rings. The average Bonchev–Trinajstić information content (AvgIpc) is 3.05. The van der Waals surface area contributed by atoms with Gasteiger partial charge in [-0.25, -0.2) is 0 Å². The van der Waals surface area contributed by atoms with E-state index in [2.05, 4.69) is 0 Å². The predicted octanol–water partition coefficient (Wildman–Crippen LogP) is 3.33. The van der Waals surface area contributed by atoms with Crippen molar-refractivity contribution in [3.8, 4) is 0 Å². The van der Waals surface area contributed by atoms with Gasteiger partial charge in [0.05, 0.1) is 18.4 Å². The second kappa shape index (κ2) is 6.79. The second-order valence-corrected chi connectivity index (χ2v) is 6.43. The van der Waals surface area contributed by atoms with E-state index in [4.69, 9.17) is 9.52 Å². The molecule has 118 valence electrons. The quantitative estimate of drug-likeness (QED) is 0.886. The van der Waals surface area contributed by atoms with E-state index in [1.165, 1.54) is 6.26 Å². The van der Waals surface area contributed by atoms with Crippen molar-refractivity contribution in [3.63, 3.8) is 0 Å². The molecule has 0 saturated heterocycles. The molecule has 0 fully saturated rings. The number of carboxylic acids is 1. The van der Waals surface area contributed by atoms with E-state index in [1.807, 2.05) is 31.4 Å². The van der Waals surface area contributed by atoms with Crippen LogP contribution in [0.3, 0.4) is 0 Å². The maximum atomic E-state index is 12.9. The Bertz CT molecular complexity index is 658. The van der Waals surface area contributed by atoms with Gasteiger partial charge in [-0.2, -0.15) is 0 Å². The zero-order valence-electron chi connectivity index (χ0n) is 12.8. The first kappa shape index (κ1) is 16.3. The average molecular weight is 321 g/mol. The first-order valence-electron chi connectivity index (χ1n) is 7.02. The minimum atomic E-state index is -1.02. The molecule has 0 spiro atoms. The SMILES string of the molecule is Cc1coc(CC(=O)O)c1C(=O)N(Cc1cccs1)C(C)C. The van der Waals surface area contributed by atoms with E-state index in [0.717, 1.165) is 4.88 Å². The molecule has 0 bridgehead atoms. The molecule has 22 heavy (non-hydrogen) atoms. The molecule has 0 radical (unpaired) electrons. The summed E-state index contributed by atoms with van der Waals surface area (Å²) in [7, 11) is 0. The maximum Gasteiger partial charge on any atom is 0.311 e. The molecule has 0 unspecified atom stereocenters. The number of carboxylic acid groups (broad SMARTS) is 1. The number of carbonyl (C=O) groups is 2. The fourth-order valence-corrected chi connectivity index (χ4v) is 2.96. The van der Waals surface area contributed by atoms with Crippen LogP contribution in [0.15, 0.2) is 28.2 Å². The summed E-state index contributed by atoms with van der Waals surface area (Å²) in [5.74, 6) is -0.990. The van der Waals surface area contributed by atoms with E-state index in [9.17, 15) is 9.59 Å². The van der Waals surface area contributed by atoms with Crippen LogP contribution in [-0.4, -0.2) is 27.9 Å². The van der Waals surface area contributed by atoms with Crippen LogP contribution < -0.4 is 0 Å². The van der Waals surface area contributed by atoms with Gasteiger partial charge in [-0.05, 0) is 32.2 Å². The van der Waals surface area contributed by atoms with Crippen molar-refractivity contribution in [1.29, 1.82) is 0 Å². The van der Waals surface area contributed by atoms with Crippen molar-refractivity contribution in [3.05, 3.63) is 45.5 Å². The van der Waals surface area contributed by atoms with Gasteiger partial charge in [-0.1, -0.05) is 6.07 Å². The molecule has 0 aromatic carbocycles. The van der Waals surface area contributed by atoms with Crippen molar-refractivity contribution in [2.45, 2.75) is 39.8 Å². The predicted molar refractivity (Wildman–Crippen MR) is 84.1 cm³/mol. The number of aryl methyl sites for hydroxylation is 1. The lowest BCUT2D eigenvalue weighted by Crippen LogP contribution is -2.36. The summed E-state index contributed by atoms with van der Waals surface area (Å²) in [4.78, 5) is 26.6. The molecule has 2 rings (SSSR count). The molecular weight excluding hydrogens is 302 g/mol. The summed E-state index contributed by atoms with van der Waals surface area (Å²) in [5, 5.41) is 10.9. The number of nitrogens with zero attached hydrogens (tertiary/aromatic N) is 1. The van der Waals surface area contributed by atoms with Crippen LogP contribution in [0.2, 0.25) is 0 Å². The molecule has 1 N–H and O–H groups in total. The van der Waals surface area contributed by atoms with E-state index in [-0.39, 0.29) is 24.1 Å². The lowest BCUT2D eigenvalue weighted by molar-refractivity contribution is -0.136. The van der Waals surface area contributed by atoms with Crippen molar-refractivity contribution < 1.29 is 19.1 Å². The number of aliphatic carboxylic acids is 1. The Labute approximate surface area is 133 Å². The van der Waals surface area contributed by atoms with Crippen molar-refractivity contribution >= 4 is 23.2 Å². The summed E-state index contributed by atoms with van der Waals surface area (Å²) in [6, 6.07) is 3.93. The van der Waals surface area contributed by atoms with Gasteiger partial charge in [0.2, 0.25) is 0 Å². The number of furan rings is 1. The first-order chi connectivity index (χ1) is 10.4. The van der Waals surface area contributed by atoms with Gasteiger partial charge < -0.3 is 14.4 Å². The van der Waals surface area contributed by atoms with Crippen LogP contribution in [-0.2, 0) is 17.8 Å². The van der Waals surface area contributed by atoms with E-state index in [0.29, 0.717) is 17.7 Å². The third kappa shape index (κ3) is 3.57. The summed E-state index contributed by atoms with van der Waals surface area (Å²) in [5.41, 5.74) is 1.03. The van der Waals surface area contributed by atoms with Crippen LogP contribution in [0.4, 0.5) is 0 Å². The van der Waals surface area contributed by atoms with Crippen molar-refractivity contribution in [2.24, 2.45) is 0 Å². The van der Waals surface area contributed by atoms with E-state index in [1.54, 1.807) is 23.2 Å². The van der Waals surface area contributed by atoms with Crippen LogP contribution in [0.25, 0.3) is 0 Å². The summed E-state index contributed by atoms with van der Waals surface area (Å²) in [6.07, 6.45) is 1.15. The van der Waals surface area contributed by atoms with Gasteiger partial charge in [0.15, 0.2) is 0 Å². The fraction of sp³-hybridized carbons (Fsp3) is 0.375. The normalized spacial score (nSPS) is 10.9. The Hall–Kier alpha value is -2.08. The van der Waals surface area contributed by atoms with Gasteiger partial charge in [0.25, 0.3) is 5.91 Å².